The first-order valence-electron chi connectivity index (χ1n) is 7.41. The minimum absolute atomic E-state index is 0.126. The zero-order chi connectivity index (χ0) is 16.9. The zero-order valence-electron chi connectivity index (χ0n) is 12.7. The van der Waals surface area contributed by atoms with Gasteiger partial charge in [-0.3, -0.25) is 9.59 Å². The van der Waals surface area contributed by atoms with Gasteiger partial charge in [0.1, 0.15) is 0 Å². The first kappa shape index (κ1) is 16.1. The molecule has 0 unspecified atom stereocenters. The number of ketones is 1. The van der Waals surface area contributed by atoms with Gasteiger partial charge in [-0.2, -0.15) is 0 Å². The maximum atomic E-state index is 12.7. The number of benzene rings is 3. The maximum Gasteiger partial charge on any atom is 0.256 e. The van der Waals surface area contributed by atoms with E-state index < -0.39 is 0 Å². The second-order valence-corrected chi connectivity index (χ2v) is 6.03. The number of nitrogens with one attached hydrogen (secondary N) is 1. The molecule has 0 atom stereocenters. The van der Waals surface area contributed by atoms with E-state index in [1.54, 1.807) is 54.6 Å². The molecule has 0 saturated heterocycles. The summed E-state index contributed by atoms with van der Waals surface area (Å²) in [7, 11) is 0. The standard InChI is InChI=1S/C20H14BrNO2/c21-17-12-6-4-10-15(17)20(24)22-18-13-7-5-11-16(18)19(23)14-8-2-1-3-9-14/h1-13H,(H,22,24). The third-order valence-electron chi connectivity index (χ3n) is 3.57. The summed E-state index contributed by atoms with van der Waals surface area (Å²) in [4.78, 5) is 25.2. The third kappa shape index (κ3) is 3.44. The molecule has 3 nitrogen and oxygen atoms in total. The van der Waals surface area contributed by atoms with Crippen LogP contribution in [0.4, 0.5) is 5.69 Å². The highest BCUT2D eigenvalue weighted by Crippen LogP contribution is 2.22. The van der Waals surface area contributed by atoms with Crippen LogP contribution in [0.5, 0.6) is 0 Å². The molecule has 1 N–H and O–H groups in total. The Bertz CT molecular complexity index is 891. The van der Waals surface area contributed by atoms with Gasteiger partial charge in [-0.15, -0.1) is 0 Å². The molecule has 118 valence electrons. The molecule has 24 heavy (non-hydrogen) atoms. The molecule has 3 aromatic carbocycles. The van der Waals surface area contributed by atoms with Gasteiger partial charge in [0.15, 0.2) is 5.78 Å². The quantitative estimate of drug-likeness (QED) is 0.653. The summed E-state index contributed by atoms with van der Waals surface area (Å²) in [5.41, 5.74) is 2.05. The first-order valence-corrected chi connectivity index (χ1v) is 8.21. The fraction of sp³-hybridized carbons (Fsp3) is 0. The van der Waals surface area contributed by atoms with Crippen LogP contribution in [0.3, 0.4) is 0 Å². The molecule has 3 aromatic rings. The van der Waals surface area contributed by atoms with Crippen molar-refractivity contribution >= 4 is 33.3 Å². The number of hydrogen-bond donors (Lipinski definition) is 1. The minimum atomic E-state index is -0.268. The fourth-order valence-corrected chi connectivity index (χ4v) is 2.83. The molecule has 0 aliphatic rings. The Labute approximate surface area is 148 Å². The summed E-state index contributed by atoms with van der Waals surface area (Å²) in [5.74, 6) is -0.394. The molecule has 0 aliphatic carbocycles. The van der Waals surface area contributed by atoms with Crippen LogP contribution in [0.15, 0.2) is 83.3 Å². The number of carbonyl (C=O) groups excluding carboxylic acids is 2. The fourth-order valence-electron chi connectivity index (χ4n) is 2.37. The van der Waals surface area contributed by atoms with Crippen molar-refractivity contribution in [1.29, 1.82) is 0 Å². The number of anilines is 1. The summed E-state index contributed by atoms with van der Waals surface area (Å²) in [5, 5.41) is 2.83. The summed E-state index contributed by atoms with van der Waals surface area (Å²) in [6.45, 7) is 0. The van der Waals surface area contributed by atoms with Crippen molar-refractivity contribution in [3.8, 4) is 0 Å². The lowest BCUT2D eigenvalue weighted by atomic mass is 10.0. The van der Waals surface area contributed by atoms with E-state index in [1.165, 1.54) is 0 Å². The van der Waals surface area contributed by atoms with E-state index >= 15 is 0 Å². The van der Waals surface area contributed by atoms with Gasteiger partial charge in [-0.25, -0.2) is 0 Å². The van der Waals surface area contributed by atoms with Gasteiger partial charge in [0.2, 0.25) is 0 Å². The van der Waals surface area contributed by atoms with Crippen LogP contribution in [0.2, 0.25) is 0 Å². The van der Waals surface area contributed by atoms with Crippen LogP contribution < -0.4 is 5.32 Å². The van der Waals surface area contributed by atoms with Crippen molar-refractivity contribution in [3.05, 3.63) is 100 Å². The van der Waals surface area contributed by atoms with Crippen LogP contribution in [-0.2, 0) is 0 Å². The second-order valence-electron chi connectivity index (χ2n) is 5.17. The molecular weight excluding hydrogens is 366 g/mol. The Morgan fingerprint density at radius 3 is 2.00 bits per heavy atom. The van der Waals surface area contributed by atoms with Gasteiger partial charge in [-0.05, 0) is 40.2 Å². The van der Waals surface area contributed by atoms with Crippen molar-refractivity contribution in [3.63, 3.8) is 0 Å². The van der Waals surface area contributed by atoms with Crippen molar-refractivity contribution in [2.75, 3.05) is 5.32 Å². The molecule has 0 heterocycles. The van der Waals surface area contributed by atoms with Crippen LogP contribution in [0.25, 0.3) is 0 Å². The highest BCUT2D eigenvalue weighted by atomic mass is 79.9. The predicted molar refractivity (Wildman–Crippen MR) is 98.4 cm³/mol. The van der Waals surface area contributed by atoms with E-state index in [2.05, 4.69) is 21.2 Å². The van der Waals surface area contributed by atoms with E-state index in [4.69, 9.17) is 0 Å². The Morgan fingerprint density at radius 2 is 1.29 bits per heavy atom. The maximum absolute atomic E-state index is 12.7. The molecule has 4 heteroatoms. The number of amides is 1. The largest absolute Gasteiger partial charge is 0.321 e. The van der Waals surface area contributed by atoms with E-state index in [9.17, 15) is 9.59 Å². The Kier molecular flexibility index (Phi) is 4.87. The van der Waals surface area contributed by atoms with Gasteiger partial charge in [-0.1, -0.05) is 54.6 Å². The molecule has 0 spiro atoms. The van der Waals surface area contributed by atoms with Gasteiger partial charge < -0.3 is 5.32 Å². The van der Waals surface area contributed by atoms with Crippen molar-refractivity contribution < 1.29 is 9.59 Å². The van der Waals surface area contributed by atoms with E-state index in [0.717, 1.165) is 0 Å². The highest BCUT2D eigenvalue weighted by molar-refractivity contribution is 9.10. The second kappa shape index (κ2) is 7.23. The molecule has 0 bridgehead atoms. The smallest absolute Gasteiger partial charge is 0.256 e. The Hall–Kier alpha value is -2.72. The summed E-state index contributed by atoms with van der Waals surface area (Å²) < 4.78 is 0.703. The lowest BCUT2D eigenvalue weighted by Gasteiger charge is -2.11. The Morgan fingerprint density at radius 1 is 0.708 bits per heavy atom. The zero-order valence-corrected chi connectivity index (χ0v) is 14.3. The normalized spacial score (nSPS) is 10.2. The minimum Gasteiger partial charge on any atom is -0.321 e. The molecule has 0 aromatic heterocycles. The molecule has 0 fully saturated rings. The van der Waals surface area contributed by atoms with Crippen molar-refractivity contribution in [2.45, 2.75) is 0 Å². The van der Waals surface area contributed by atoms with Crippen LogP contribution in [-0.4, -0.2) is 11.7 Å². The molecule has 0 radical (unpaired) electrons. The number of carbonyl (C=O) groups is 2. The van der Waals surface area contributed by atoms with E-state index in [0.29, 0.717) is 26.9 Å². The molecule has 3 rings (SSSR count). The lowest BCUT2D eigenvalue weighted by molar-refractivity contribution is 0.102. The molecule has 0 aliphatic heterocycles. The van der Waals surface area contributed by atoms with E-state index in [-0.39, 0.29) is 11.7 Å². The molecular formula is C20H14BrNO2. The van der Waals surface area contributed by atoms with E-state index in [1.807, 2.05) is 24.3 Å². The summed E-state index contributed by atoms with van der Waals surface area (Å²) in [6.07, 6.45) is 0. The number of halogens is 1. The summed E-state index contributed by atoms with van der Waals surface area (Å²) >= 11 is 3.37. The predicted octanol–water partition coefficient (Wildman–Crippen LogP) is 4.93. The molecule has 0 saturated carbocycles. The molecule has 1 amide bonds. The van der Waals surface area contributed by atoms with Crippen molar-refractivity contribution in [2.24, 2.45) is 0 Å². The average Bonchev–Trinajstić information content (AvgIpc) is 2.62. The van der Waals surface area contributed by atoms with Crippen LogP contribution in [0.1, 0.15) is 26.3 Å². The van der Waals surface area contributed by atoms with Gasteiger partial charge >= 0.3 is 0 Å². The van der Waals surface area contributed by atoms with Crippen molar-refractivity contribution in [1.82, 2.24) is 0 Å². The highest BCUT2D eigenvalue weighted by Gasteiger charge is 2.16. The number of hydrogen-bond acceptors (Lipinski definition) is 2. The van der Waals surface area contributed by atoms with Crippen LogP contribution in [0, 0.1) is 0 Å². The summed E-state index contributed by atoms with van der Waals surface area (Å²) in [6, 6.07) is 23.2. The lowest BCUT2D eigenvalue weighted by Crippen LogP contribution is -2.15. The topological polar surface area (TPSA) is 46.2 Å². The van der Waals surface area contributed by atoms with Gasteiger partial charge in [0.25, 0.3) is 5.91 Å². The SMILES string of the molecule is O=C(Nc1ccccc1C(=O)c1ccccc1)c1ccccc1Br. The van der Waals surface area contributed by atoms with Crippen LogP contribution >= 0.6 is 15.9 Å². The average molecular weight is 380 g/mol. The Balaban J connectivity index is 1.92. The van der Waals surface area contributed by atoms with Gasteiger partial charge in [0.05, 0.1) is 11.3 Å². The first-order chi connectivity index (χ1) is 11.7. The van der Waals surface area contributed by atoms with Gasteiger partial charge in [0, 0.05) is 15.6 Å². The monoisotopic (exact) mass is 379 g/mol. The number of rotatable bonds is 4. The third-order valence-corrected chi connectivity index (χ3v) is 4.27. The number of para-hydroxylation sites is 1.